The lowest BCUT2D eigenvalue weighted by molar-refractivity contribution is 0.208. The van der Waals surface area contributed by atoms with E-state index in [-0.39, 0.29) is 6.03 Å². The van der Waals surface area contributed by atoms with Crippen LogP contribution < -0.4 is 19.7 Å². The summed E-state index contributed by atoms with van der Waals surface area (Å²) in [4.78, 5) is 21.4. The first-order chi connectivity index (χ1) is 14.2. The molecule has 152 valence electrons. The fourth-order valence-corrected chi connectivity index (χ4v) is 4.31. The van der Waals surface area contributed by atoms with E-state index in [1.165, 1.54) is 0 Å². The number of methoxy groups -OCH3 is 1. The highest BCUT2D eigenvalue weighted by atomic mass is 32.1. The molecule has 1 fully saturated rings. The van der Waals surface area contributed by atoms with Gasteiger partial charge >= 0.3 is 6.03 Å². The van der Waals surface area contributed by atoms with E-state index in [4.69, 9.17) is 14.5 Å². The molecule has 7 nitrogen and oxygen atoms in total. The van der Waals surface area contributed by atoms with Crippen molar-refractivity contribution < 1.29 is 14.3 Å². The molecule has 3 aromatic rings. The molecule has 1 N–H and O–H groups in total. The summed E-state index contributed by atoms with van der Waals surface area (Å²) in [6.07, 6.45) is 0. The third-order valence-corrected chi connectivity index (χ3v) is 5.92. The van der Waals surface area contributed by atoms with Crippen molar-refractivity contribution in [1.29, 1.82) is 0 Å². The lowest BCUT2D eigenvalue weighted by atomic mass is 10.3. The van der Waals surface area contributed by atoms with Gasteiger partial charge in [-0.15, -0.1) is 0 Å². The first-order valence-electron chi connectivity index (χ1n) is 9.64. The minimum absolute atomic E-state index is 0.0807. The lowest BCUT2D eigenvalue weighted by Gasteiger charge is -2.34. The predicted molar refractivity (Wildman–Crippen MR) is 117 cm³/mol. The van der Waals surface area contributed by atoms with Crippen molar-refractivity contribution in [2.75, 3.05) is 50.1 Å². The molecule has 1 aliphatic rings. The Bertz CT molecular complexity index is 981. The van der Waals surface area contributed by atoms with E-state index in [1.54, 1.807) is 18.4 Å². The third-order valence-electron chi connectivity index (χ3n) is 4.84. The molecule has 1 saturated heterocycles. The van der Waals surface area contributed by atoms with Crippen molar-refractivity contribution in [2.45, 2.75) is 6.92 Å². The molecule has 8 heteroatoms. The predicted octanol–water partition coefficient (Wildman–Crippen LogP) is 4.06. The maximum Gasteiger partial charge on any atom is 0.321 e. The second-order valence-corrected chi connectivity index (χ2v) is 7.70. The molecular formula is C21H24N4O3S. The molecule has 2 heterocycles. The number of fused-ring (bicyclic) bond motifs is 1. The van der Waals surface area contributed by atoms with Crippen LogP contribution in [0.4, 0.5) is 15.6 Å². The molecule has 1 aliphatic heterocycles. The van der Waals surface area contributed by atoms with E-state index >= 15 is 0 Å². The topological polar surface area (TPSA) is 66.9 Å². The maximum atomic E-state index is 12.6. The molecule has 2 amide bonds. The van der Waals surface area contributed by atoms with Crippen LogP contribution in [0.25, 0.3) is 10.2 Å². The highest BCUT2D eigenvalue weighted by molar-refractivity contribution is 7.22. The van der Waals surface area contributed by atoms with Crippen LogP contribution >= 0.6 is 11.3 Å². The van der Waals surface area contributed by atoms with Crippen molar-refractivity contribution in [2.24, 2.45) is 0 Å². The van der Waals surface area contributed by atoms with Crippen LogP contribution in [0.3, 0.4) is 0 Å². The average molecular weight is 413 g/mol. The van der Waals surface area contributed by atoms with Gasteiger partial charge in [0.05, 0.1) is 23.9 Å². The van der Waals surface area contributed by atoms with Crippen LogP contribution in [0, 0.1) is 0 Å². The number of aromatic nitrogens is 1. The first kappa shape index (κ1) is 19.3. The Morgan fingerprint density at radius 1 is 1.10 bits per heavy atom. The van der Waals surface area contributed by atoms with Gasteiger partial charge in [-0.2, -0.15) is 0 Å². The van der Waals surface area contributed by atoms with E-state index in [0.29, 0.717) is 19.7 Å². The molecule has 4 rings (SSSR count). The zero-order valence-electron chi connectivity index (χ0n) is 16.6. The van der Waals surface area contributed by atoms with Crippen LogP contribution in [0.1, 0.15) is 6.92 Å². The second-order valence-electron chi connectivity index (χ2n) is 6.69. The van der Waals surface area contributed by atoms with Crippen molar-refractivity contribution in [3.63, 3.8) is 0 Å². The van der Waals surface area contributed by atoms with Gasteiger partial charge in [-0.3, -0.25) is 0 Å². The van der Waals surface area contributed by atoms with Gasteiger partial charge in [0.1, 0.15) is 11.5 Å². The molecular weight excluding hydrogens is 388 g/mol. The Morgan fingerprint density at radius 3 is 2.52 bits per heavy atom. The second kappa shape index (κ2) is 8.57. The summed E-state index contributed by atoms with van der Waals surface area (Å²) in [7, 11) is 1.67. The summed E-state index contributed by atoms with van der Waals surface area (Å²) >= 11 is 1.65. The summed E-state index contributed by atoms with van der Waals surface area (Å²) in [6, 6.07) is 13.3. The van der Waals surface area contributed by atoms with Crippen LogP contribution in [0.5, 0.6) is 11.5 Å². The zero-order chi connectivity index (χ0) is 20.2. The minimum Gasteiger partial charge on any atom is -0.497 e. The van der Waals surface area contributed by atoms with E-state index in [1.807, 2.05) is 54.3 Å². The van der Waals surface area contributed by atoms with Gasteiger partial charge in [0, 0.05) is 31.9 Å². The smallest absolute Gasteiger partial charge is 0.321 e. The monoisotopic (exact) mass is 412 g/mol. The van der Waals surface area contributed by atoms with Gasteiger partial charge in [-0.05, 0) is 49.4 Å². The van der Waals surface area contributed by atoms with Crippen molar-refractivity contribution in [3.8, 4) is 11.5 Å². The van der Waals surface area contributed by atoms with E-state index in [2.05, 4.69) is 10.2 Å². The number of amides is 2. The van der Waals surface area contributed by atoms with Gasteiger partial charge in [-0.1, -0.05) is 11.3 Å². The highest BCUT2D eigenvalue weighted by Crippen LogP contribution is 2.31. The number of anilines is 2. The molecule has 0 unspecified atom stereocenters. The average Bonchev–Trinajstić information content (AvgIpc) is 3.18. The number of carbonyl (C=O) groups excluding carboxylic acids is 1. The fraction of sp³-hybridized carbons (Fsp3) is 0.333. The molecule has 0 saturated carbocycles. The summed E-state index contributed by atoms with van der Waals surface area (Å²) < 4.78 is 11.8. The Balaban J connectivity index is 1.34. The number of nitrogens with zero attached hydrogens (tertiary/aromatic N) is 3. The number of hydrogen-bond acceptors (Lipinski definition) is 6. The lowest BCUT2D eigenvalue weighted by Crippen LogP contribution is -2.50. The minimum atomic E-state index is -0.0807. The number of rotatable bonds is 5. The number of carbonyl (C=O) groups is 1. The van der Waals surface area contributed by atoms with Crippen LogP contribution in [0.15, 0.2) is 42.5 Å². The quantitative estimate of drug-likeness (QED) is 0.685. The Hall–Kier alpha value is -3.00. The fourth-order valence-electron chi connectivity index (χ4n) is 3.26. The Labute approximate surface area is 173 Å². The number of benzene rings is 2. The Morgan fingerprint density at radius 2 is 1.83 bits per heavy atom. The molecule has 2 aromatic carbocycles. The van der Waals surface area contributed by atoms with E-state index < -0.39 is 0 Å². The first-order valence-corrected chi connectivity index (χ1v) is 10.5. The number of thiazole rings is 1. The number of piperazine rings is 1. The molecule has 29 heavy (non-hydrogen) atoms. The largest absolute Gasteiger partial charge is 0.497 e. The molecule has 0 radical (unpaired) electrons. The van der Waals surface area contributed by atoms with Gasteiger partial charge < -0.3 is 24.6 Å². The van der Waals surface area contributed by atoms with Gasteiger partial charge in [0.2, 0.25) is 0 Å². The normalized spacial score (nSPS) is 14.1. The zero-order valence-corrected chi connectivity index (χ0v) is 17.4. The molecule has 0 aliphatic carbocycles. The van der Waals surface area contributed by atoms with E-state index in [9.17, 15) is 4.79 Å². The van der Waals surface area contributed by atoms with Gasteiger partial charge in [0.15, 0.2) is 5.13 Å². The SMILES string of the molecule is CCOc1ccc(NC(=O)N2CCN(c3nc4ccc(OC)cc4s3)CC2)cc1. The molecule has 0 bridgehead atoms. The number of hydrogen-bond donors (Lipinski definition) is 1. The molecule has 0 spiro atoms. The molecule has 1 aromatic heterocycles. The number of ether oxygens (including phenoxy) is 2. The van der Waals surface area contributed by atoms with Crippen molar-refractivity contribution in [3.05, 3.63) is 42.5 Å². The highest BCUT2D eigenvalue weighted by Gasteiger charge is 2.23. The maximum absolute atomic E-state index is 12.6. The van der Waals surface area contributed by atoms with Crippen LogP contribution in [-0.2, 0) is 0 Å². The number of urea groups is 1. The van der Waals surface area contributed by atoms with E-state index in [0.717, 1.165) is 45.6 Å². The summed E-state index contributed by atoms with van der Waals surface area (Å²) in [6.45, 7) is 5.39. The summed E-state index contributed by atoms with van der Waals surface area (Å²) in [5.41, 5.74) is 1.74. The van der Waals surface area contributed by atoms with Crippen LogP contribution in [0.2, 0.25) is 0 Å². The van der Waals surface area contributed by atoms with Crippen molar-refractivity contribution in [1.82, 2.24) is 9.88 Å². The van der Waals surface area contributed by atoms with Crippen LogP contribution in [-0.4, -0.2) is 55.8 Å². The standard InChI is InChI=1S/C21H24N4O3S/c1-3-28-16-6-4-15(5-7-16)22-20(26)24-10-12-25(13-11-24)21-23-18-9-8-17(27-2)14-19(18)29-21/h4-9,14H,3,10-13H2,1-2H3,(H,22,26). The van der Waals surface area contributed by atoms with Gasteiger partial charge in [-0.25, -0.2) is 9.78 Å². The molecule has 0 atom stereocenters. The summed E-state index contributed by atoms with van der Waals surface area (Å²) in [5.74, 6) is 1.64. The van der Waals surface area contributed by atoms with Gasteiger partial charge in [0.25, 0.3) is 0 Å². The summed E-state index contributed by atoms with van der Waals surface area (Å²) in [5, 5.41) is 3.94. The Kier molecular flexibility index (Phi) is 5.71. The number of nitrogens with one attached hydrogen (secondary N) is 1. The van der Waals surface area contributed by atoms with Crippen molar-refractivity contribution >= 4 is 38.4 Å². The third kappa shape index (κ3) is 4.37.